The molecule has 1 radical (unpaired) electrons. The average Bonchev–Trinajstić information content (AvgIpc) is 2.28. The maximum Gasteiger partial charge on any atom is 0.448 e. The molecule has 0 amide bonds. The molecule has 0 spiro atoms. The number of hydrogen-bond donors (Lipinski definition) is 1. The van der Waals surface area contributed by atoms with E-state index in [4.69, 9.17) is 18.7 Å². The van der Waals surface area contributed by atoms with E-state index >= 15 is 0 Å². The van der Waals surface area contributed by atoms with Gasteiger partial charge in [0.2, 0.25) is 5.76 Å². The van der Waals surface area contributed by atoms with Crippen LogP contribution < -0.4 is 0 Å². The molecule has 0 rings (SSSR count). The quantitative estimate of drug-likeness (QED) is 0.289. The van der Waals surface area contributed by atoms with Gasteiger partial charge >= 0.3 is 14.8 Å². The van der Waals surface area contributed by atoms with E-state index < -0.39 is 26.3 Å². The van der Waals surface area contributed by atoms with Gasteiger partial charge < -0.3 is 18.7 Å². The third-order valence-corrected chi connectivity index (χ3v) is 2.74. The van der Waals surface area contributed by atoms with Crippen molar-refractivity contribution in [2.45, 2.75) is 33.9 Å². The molecule has 0 aliphatic heterocycles. The number of ketones is 1. The Bertz CT molecular complexity index is 286. The van der Waals surface area contributed by atoms with Gasteiger partial charge in [-0.1, -0.05) is 0 Å². The Morgan fingerprint density at radius 1 is 1.10 bits per heavy atom. The predicted molar refractivity (Wildman–Crippen MR) is 69.2 cm³/mol. The van der Waals surface area contributed by atoms with E-state index in [0.29, 0.717) is 19.8 Å². The molecule has 5 nitrogen and oxygen atoms in total. The molecule has 0 unspecified atom stereocenters. The number of aliphatic hydroxyl groups is 1. The van der Waals surface area contributed by atoms with Crippen LogP contribution in [-0.4, -0.2) is 36.9 Å². The molecule has 21 heavy (non-hydrogen) atoms. The minimum Gasteiger partial charge on any atom is -0.504 e. The summed E-state index contributed by atoms with van der Waals surface area (Å²) in [6.07, 6.45) is -4.69. The molecule has 1 N–H and O–H groups in total. The summed E-state index contributed by atoms with van der Waals surface area (Å²) < 4.78 is 49.4. The molecule has 0 aliphatic rings. The van der Waals surface area contributed by atoms with Crippen molar-refractivity contribution in [2.75, 3.05) is 19.8 Å². The van der Waals surface area contributed by atoms with Crippen molar-refractivity contribution in [3.8, 4) is 0 Å². The van der Waals surface area contributed by atoms with Crippen LogP contribution in [0.4, 0.5) is 13.2 Å². The Balaban J connectivity index is -0.000000295. The standard InChI is InChI=1S/C6H15O3P.C5H5F3O2.Ag/c1-4-7-10(8-5-2)9-6-3;1-3(9)2-4(10)5(6,7)8;/h4-6H2,1-3H3;2,10H,1H3;/b;4-2-;. The van der Waals surface area contributed by atoms with Crippen molar-refractivity contribution < 1.29 is 59.0 Å². The number of aliphatic hydroxyl groups excluding tert-OH is 1. The van der Waals surface area contributed by atoms with Crippen LogP contribution in [0, 0.1) is 0 Å². The zero-order chi connectivity index (χ0) is 16.2. The summed E-state index contributed by atoms with van der Waals surface area (Å²) in [4.78, 5) is 9.96. The maximum absolute atomic E-state index is 11.3. The van der Waals surface area contributed by atoms with Gasteiger partial charge in [-0.15, -0.1) is 0 Å². The van der Waals surface area contributed by atoms with Crippen LogP contribution >= 0.6 is 8.60 Å². The Kier molecular flexibility index (Phi) is 18.5. The molecule has 10 heteroatoms. The average molecular weight is 428 g/mol. The molecule has 0 saturated heterocycles. The molecule has 131 valence electrons. The zero-order valence-corrected chi connectivity index (χ0v) is 14.5. The summed E-state index contributed by atoms with van der Waals surface area (Å²) in [5, 5.41) is 8.07. The first-order chi connectivity index (χ1) is 9.18. The third kappa shape index (κ3) is 18.0. The first-order valence-electron chi connectivity index (χ1n) is 5.86. The third-order valence-electron chi connectivity index (χ3n) is 1.33. The fraction of sp³-hybridized carbons (Fsp3) is 0.727. The predicted octanol–water partition coefficient (Wildman–Crippen LogP) is 3.90. The zero-order valence-electron chi connectivity index (χ0n) is 12.2. The molecule has 0 fully saturated rings. The molecule has 0 aromatic rings. The van der Waals surface area contributed by atoms with Gasteiger partial charge in [0, 0.05) is 28.5 Å². The van der Waals surface area contributed by atoms with Gasteiger partial charge in [0.25, 0.3) is 0 Å². The topological polar surface area (TPSA) is 65.0 Å². The maximum atomic E-state index is 11.3. The molecule has 0 aromatic carbocycles. The van der Waals surface area contributed by atoms with Crippen molar-refractivity contribution in [1.82, 2.24) is 0 Å². The molecular weight excluding hydrogens is 408 g/mol. The van der Waals surface area contributed by atoms with Gasteiger partial charge in [-0.3, -0.25) is 4.79 Å². The summed E-state index contributed by atoms with van der Waals surface area (Å²) in [7, 11) is -1.06. The number of alkyl halides is 3. The Hall–Kier alpha value is 0.0503. The number of rotatable bonds is 7. The molecular formula is C11H20AgF3O5P. The first-order valence-corrected chi connectivity index (χ1v) is 6.95. The number of carbonyl (C=O) groups is 1. The van der Waals surface area contributed by atoms with Crippen molar-refractivity contribution >= 4 is 14.4 Å². The molecule has 0 aromatic heterocycles. The van der Waals surface area contributed by atoms with Gasteiger partial charge in [-0.25, -0.2) is 0 Å². The van der Waals surface area contributed by atoms with E-state index in [1.165, 1.54) is 0 Å². The summed E-state index contributed by atoms with van der Waals surface area (Å²) in [5.74, 6) is -2.70. The molecule has 0 atom stereocenters. The van der Waals surface area contributed by atoms with Crippen LogP contribution in [0.15, 0.2) is 11.8 Å². The summed E-state index contributed by atoms with van der Waals surface area (Å²) in [6, 6.07) is 0. The summed E-state index contributed by atoms with van der Waals surface area (Å²) in [6.45, 7) is 8.62. The van der Waals surface area contributed by atoms with Crippen LogP contribution in [-0.2, 0) is 40.7 Å². The van der Waals surface area contributed by atoms with Crippen molar-refractivity contribution in [3.05, 3.63) is 11.8 Å². The van der Waals surface area contributed by atoms with Gasteiger partial charge in [0.05, 0.1) is 19.8 Å². The largest absolute Gasteiger partial charge is 0.504 e. The number of allylic oxidation sites excluding steroid dienone is 2. The fourth-order valence-corrected chi connectivity index (χ4v) is 1.56. The minimum atomic E-state index is -4.81. The smallest absolute Gasteiger partial charge is 0.448 e. The fourth-order valence-electron chi connectivity index (χ4n) is 0.702. The van der Waals surface area contributed by atoms with E-state index in [1.54, 1.807) is 0 Å². The van der Waals surface area contributed by atoms with Crippen LogP contribution in [0.25, 0.3) is 0 Å². The van der Waals surface area contributed by atoms with Gasteiger partial charge in [-0.2, -0.15) is 13.2 Å². The Morgan fingerprint density at radius 2 is 1.43 bits per heavy atom. The van der Waals surface area contributed by atoms with E-state index in [-0.39, 0.29) is 28.5 Å². The summed E-state index contributed by atoms with van der Waals surface area (Å²) >= 11 is 0. The molecule has 0 aliphatic carbocycles. The van der Waals surface area contributed by atoms with E-state index in [2.05, 4.69) is 0 Å². The Labute approximate surface area is 139 Å². The van der Waals surface area contributed by atoms with Gasteiger partial charge in [0.15, 0.2) is 5.78 Å². The second-order valence-corrected chi connectivity index (χ2v) is 4.34. The van der Waals surface area contributed by atoms with Crippen LogP contribution in [0.3, 0.4) is 0 Å². The van der Waals surface area contributed by atoms with Gasteiger partial charge in [0.1, 0.15) is 0 Å². The first kappa shape index (κ1) is 26.0. The van der Waals surface area contributed by atoms with Crippen LogP contribution in [0.1, 0.15) is 27.7 Å². The van der Waals surface area contributed by atoms with E-state index in [0.717, 1.165) is 6.92 Å². The number of carbonyl (C=O) groups excluding carboxylic acids is 1. The number of hydrogen-bond acceptors (Lipinski definition) is 5. The van der Waals surface area contributed by atoms with Gasteiger partial charge in [-0.05, 0) is 27.7 Å². The number of halogens is 3. The van der Waals surface area contributed by atoms with Crippen LogP contribution in [0.5, 0.6) is 0 Å². The van der Waals surface area contributed by atoms with E-state index in [9.17, 15) is 18.0 Å². The normalized spacial score (nSPS) is 11.5. The van der Waals surface area contributed by atoms with Crippen molar-refractivity contribution in [1.29, 1.82) is 0 Å². The monoisotopic (exact) mass is 427 g/mol. The molecule has 0 saturated carbocycles. The van der Waals surface area contributed by atoms with E-state index in [1.807, 2.05) is 20.8 Å². The van der Waals surface area contributed by atoms with Crippen molar-refractivity contribution in [2.24, 2.45) is 0 Å². The second kappa shape index (κ2) is 15.0. The van der Waals surface area contributed by atoms with Crippen molar-refractivity contribution in [3.63, 3.8) is 0 Å². The second-order valence-electron chi connectivity index (χ2n) is 3.11. The molecule has 0 heterocycles. The Morgan fingerprint density at radius 3 is 1.57 bits per heavy atom. The SMILES string of the molecule is CC(=O)/C=C(\O)C(F)(F)F.CCOP(OCC)OCC.[Ag]. The van der Waals surface area contributed by atoms with Crippen LogP contribution in [0.2, 0.25) is 0 Å². The molecule has 0 bridgehead atoms. The summed E-state index contributed by atoms with van der Waals surface area (Å²) in [5.41, 5.74) is 0. The minimum absolute atomic E-state index is 0.